The van der Waals surface area contributed by atoms with Gasteiger partial charge in [0.25, 0.3) is 5.56 Å². The van der Waals surface area contributed by atoms with Gasteiger partial charge in [-0.2, -0.15) is 0 Å². The highest BCUT2D eigenvalue weighted by Gasteiger charge is 2.10. The Labute approximate surface area is 165 Å². The van der Waals surface area contributed by atoms with Crippen LogP contribution < -0.4 is 10.9 Å². The molecule has 0 unspecified atom stereocenters. The predicted molar refractivity (Wildman–Crippen MR) is 110 cm³/mol. The van der Waals surface area contributed by atoms with Crippen LogP contribution in [0, 0.1) is 0 Å². The molecule has 3 rings (SSSR count). The fourth-order valence-corrected chi connectivity index (χ4v) is 3.42. The first-order valence-electron chi connectivity index (χ1n) is 8.23. The van der Waals surface area contributed by atoms with Gasteiger partial charge < -0.3 is 5.32 Å². The molecule has 0 spiro atoms. The molecule has 0 fully saturated rings. The third-order valence-corrected chi connectivity index (χ3v) is 5.49. The van der Waals surface area contributed by atoms with Crippen LogP contribution in [0.1, 0.15) is 18.2 Å². The molecule has 0 saturated carbocycles. The molecule has 3 aromatic rings. The molecule has 0 aliphatic heterocycles. The van der Waals surface area contributed by atoms with Gasteiger partial charge in [-0.25, -0.2) is 0 Å². The minimum absolute atomic E-state index is 0.141. The number of thioether (sulfide) groups is 1. The third-order valence-electron chi connectivity index (χ3n) is 3.94. The maximum atomic E-state index is 12.6. The summed E-state index contributed by atoms with van der Waals surface area (Å²) in [5.41, 5.74) is 2.43. The Morgan fingerprint density at radius 3 is 2.42 bits per heavy atom. The van der Waals surface area contributed by atoms with Crippen LogP contribution in [0.25, 0.3) is 0 Å². The zero-order valence-electron chi connectivity index (χ0n) is 14.6. The van der Waals surface area contributed by atoms with Gasteiger partial charge in [0.2, 0.25) is 5.95 Å². The van der Waals surface area contributed by atoms with Crippen molar-refractivity contribution >= 4 is 39.3 Å². The summed E-state index contributed by atoms with van der Waals surface area (Å²) in [4.78, 5) is 13.6. The molecule has 7 heteroatoms. The average Bonchev–Trinajstić information content (AvgIpc) is 2.67. The number of nitrogens with zero attached hydrogens (tertiary/aromatic N) is 3. The molecule has 0 aliphatic carbocycles. The molecular weight excluding hydrogens is 412 g/mol. The van der Waals surface area contributed by atoms with Crippen molar-refractivity contribution in [2.75, 3.05) is 5.32 Å². The van der Waals surface area contributed by atoms with Crippen molar-refractivity contribution in [3.8, 4) is 0 Å². The zero-order valence-corrected chi connectivity index (χ0v) is 17.0. The summed E-state index contributed by atoms with van der Waals surface area (Å²) in [6, 6.07) is 16.0. The lowest BCUT2D eigenvalue weighted by Gasteiger charge is -2.10. The highest BCUT2D eigenvalue weighted by molar-refractivity contribution is 9.10. The molecule has 0 radical (unpaired) electrons. The predicted octanol–water partition coefficient (Wildman–Crippen LogP) is 4.54. The summed E-state index contributed by atoms with van der Waals surface area (Å²) < 4.78 is 2.53. The van der Waals surface area contributed by atoms with Crippen LogP contribution >= 0.6 is 27.7 Å². The SMILES string of the molecule is CCc1ccc(Nc2nnc(CSc3ccc(Br)cc3)c(=O)n2C)cc1. The number of hydrogen-bond acceptors (Lipinski definition) is 5. The van der Waals surface area contributed by atoms with Crippen molar-refractivity contribution in [1.29, 1.82) is 0 Å². The molecule has 0 bridgehead atoms. The number of aryl methyl sites for hydroxylation is 1. The van der Waals surface area contributed by atoms with E-state index in [1.807, 2.05) is 36.4 Å². The van der Waals surface area contributed by atoms with Crippen LogP contribution in [0.5, 0.6) is 0 Å². The van der Waals surface area contributed by atoms with E-state index >= 15 is 0 Å². The smallest absolute Gasteiger partial charge is 0.277 e. The second-order valence-electron chi connectivity index (χ2n) is 5.75. The molecule has 134 valence electrons. The second kappa shape index (κ2) is 8.51. The van der Waals surface area contributed by atoms with Gasteiger partial charge >= 0.3 is 0 Å². The normalized spacial score (nSPS) is 10.7. The summed E-state index contributed by atoms with van der Waals surface area (Å²) >= 11 is 4.98. The van der Waals surface area contributed by atoms with Crippen LogP contribution in [-0.2, 0) is 19.2 Å². The van der Waals surface area contributed by atoms with E-state index in [-0.39, 0.29) is 5.56 Å². The Morgan fingerprint density at radius 2 is 1.77 bits per heavy atom. The maximum Gasteiger partial charge on any atom is 0.277 e. The fourth-order valence-electron chi connectivity index (χ4n) is 2.34. The Bertz CT molecular complexity index is 939. The number of nitrogens with one attached hydrogen (secondary N) is 1. The standard InChI is InChI=1S/C19H19BrN4OS/c1-3-13-4-8-15(9-5-13)21-19-23-22-17(18(25)24(19)2)12-26-16-10-6-14(20)7-11-16/h4-11H,3,12H2,1-2H3,(H,21,23). The molecule has 1 aromatic heterocycles. The van der Waals surface area contributed by atoms with Crippen LogP contribution in [-0.4, -0.2) is 14.8 Å². The zero-order chi connectivity index (χ0) is 18.5. The van der Waals surface area contributed by atoms with Crippen molar-refractivity contribution < 1.29 is 0 Å². The number of aromatic nitrogens is 3. The molecule has 1 heterocycles. The van der Waals surface area contributed by atoms with Crippen molar-refractivity contribution in [2.24, 2.45) is 7.05 Å². The minimum atomic E-state index is -0.141. The average molecular weight is 431 g/mol. The Kier molecular flexibility index (Phi) is 6.11. The molecule has 0 atom stereocenters. The van der Waals surface area contributed by atoms with Crippen molar-refractivity contribution in [3.05, 3.63) is 74.6 Å². The molecule has 0 saturated heterocycles. The topological polar surface area (TPSA) is 59.8 Å². The van der Waals surface area contributed by atoms with Gasteiger partial charge in [-0.3, -0.25) is 9.36 Å². The van der Waals surface area contributed by atoms with Gasteiger partial charge in [0, 0.05) is 27.9 Å². The third kappa shape index (κ3) is 4.53. The van der Waals surface area contributed by atoms with Crippen molar-refractivity contribution in [2.45, 2.75) is 24.0 Å². The van der Waals surface area contributed by atoms with Gasteiger partial charge in [-0.05, 0) is 48.4 Å². The van der Waals surface area contributed by atoms with E-state index in [0.717, 1.165) is 21.5 Å². The van der Waals surface area contributed by atoms with Crippen LogP contribution in [0.4, 0.5) is 11.6 Å². The molecule has 26 heavy (non-hydrogen) atoms. The highest BCUT2D eigenvalue weighted by Crippen LogP contribution is 2.23. The Morgan fingerprint density at radius 1 is 1.08 bits per heavy atom. The van der Waals surface area contributed by atoms with Gasteiger partial charge in [0.05, 0.1) is 0 Å². The number of rotatable bonds is 6. The maximum absolute atomic E-state index is 12.6. The first-order chi connectivity index (χ1) is 12.6. The molecular formula is C19H19BrN4OS. The first kappa shape index (κ1) is 18.7. The van der Waals surface area contributed by atoms with Gasteiger partial charge in [-0.15, -0.1) is 22.0 Å². The van der Waals surface area contributed by atoms with E-state index in [9.17, 15) is 4.79 Å². The summed E-state index contributed by atoms with van der Waals surface area (Å²) in [6.07, 6.45) is 0.989. The minimum Gasteiger partial charge on any atom is -0.324 e. The molecule has 0 amide bonds. The summed E-state index contributed by atoms with van der Waals surface area (Å²) in [7, 11) is 1.70. The Hall–Kier alpha value is -2.12. The largest absolute Gasteiger partial charge is 0.324 e. The number of benzene rings is 2. The van der Waals surface area contributed by atoms with Crippen LogP contribution in [0.2, 0.25) is 0 Å². The fraction of sp³-hybridized carbons (Fsp3) is 0.211. The van der Waals surface area contributed by atoms with Crippen LogP contribution in [0.3, 0.4) is 0 Å². The van der Waals surface area contributed by atoms with Crippen LogP contribution in [0.15, 0.2) is 62.7 Å². The molecule has 0 aliphatic rings. The highest BCUT2D eigenvalue weighted by atomic mass is 79.9. The summed E-state index contributed by atoms with van der Waals surface area (Å²) in [6.45, 7) is 2.11. The quantitative estimate of drug-likeness (QED) is 0.581. The second-order valence-corrected chi connectivity index (χ2v) is 7.72. The lowest BCUT2D eigenvalue weighted by atomic mass is 10.1. The van der Waals surface area contributed by atoms with E-state index in [0.29, 0.717) is 17.4 Å². The van der Waals surface area contributed by atoms with Gasteiger partial charge in [-0.1, -0.05) is 35.0 Å². The molecule has 5 nitrogen and oxygen atoms in total. The van der Waals surface area contributed by atoms with Crippen molar-refractivity contribution in [1.82, 2.24) is 14.8 Å². The molecule has 1 N–H and O–H groups in total. The molecule has 2 aromatic carbocycles. The van der Waals surface area contributed by atoms with E-state index in [2.05, 4.69) is 50.5 Å². The first-order valence-corrected chi connectivity index (χ1v) is 10.0. The van der Waals surface area contributed by atoms with E-state index in [1.54, 1.807) is 18.8 Å². The number of anilines is 2. The summed E-state index contributed by atoms with van der Waals surface area (Å²) in [5, 5.41) is 11.5. The monoisotopic (exact) mass is 430 g/mol. The van der Waals surface area contributed by atoms with E-state index in [1.165, 1.54) is 10.1 Å². The van der Waals surface area contributed by atoms with Gasteiger partial charge in [0.1, 0.15) is 5.69 Å². The van der Waals surface area contributed by atoms with E-state index < -0.39 is 0 Å². The van der Waals surface area contributed by atoms with E-state index in [4.69, 9.17) is 0 Å². The van der Waals surface area contributed by atoms with Crippen molar-refractivity contribution in [3.63, 3.8) is 0 Å². The number of hydrogen-bond donors (Lipinski definition) is 1. The lowest BCUT2D eigenvalue weighted by Crippen LogP contribution is -2.26. The Balaban J connectivity index is 1.73. The number of halogens is 1. The lowest BCUT2D eigenvalue weighted by molar-refractivity contribution is 0.764. The summed E-state index contributed by atoms with van der Waals surface area (Å²) in [5.74, 6) is 0.906. The van der Waals surface area contributed by atoms with Gasteiger partial charge in [0.15, 0.2) is 0 Å².